The Labute approximate surface area is 65.7 Å². The van der Waals surface area contributed by atoms with Gasteiger partial charge in [0, 0.05) is 5.56 Å². The predicted molar refractivity (Wildman–Crippen MR) is 40.8 cm³/mol. The van der Waals surface area contributed by atoms with Crippen molar-refractivity contribution >= 4 is 0 Å². The first-order valence-electron chi connectivity index (χ1n) is 3.28. The van der Waals surface area contributed by atoms with Crippen LogP contribution in [0.3, 0.4) is 0 Å². The van der Waals surface area contributed by atoms with Crippen molar-refractivity contribution in [3.8, 4) is 11.5 Å². The third-order valence-corrected chi connectivity index (χ3v) is 1.56. The zero-order chi connectivity index (χ0) is 8.43. The molecular weight excluding hydrogens is 142 g/mol. The van der Waals surface area contributed by atoms with Gasteiger partial charge in [0.1, 0.15) is 17.7 Å². The van der Waals surface area contributed by atoms with Gasteiger partial charge in [-0.05, 0) is 13.8 Å². The van der Waals surface area contributed by atoms with E-state index in [0.29, 0.717) is 11.3 Å². The number of hydrogen-bond donors (Lipinski definition) is 1. The van der Waals surface area contributed by atoms with Gasteiger partial charge in [-0.3, -0.25) is 0 Å². The fraction of sp³-hybridized carbons (Fsp3) is 0.375. The van der Waals surface area contributed by atoms with Gasteiger partial charge in [-0.15, -0.1) is 0 Å². The molecule has 0 bridgehead atoms. The van der Waals surface area contributed by atoms with E-state index in [1.54, 1.807) is 14.0 Å². The fourth-order valence-electron chi connectivity index (χ4n) is 0.951. The van der Waals surface area contributed by atoms with Crippen LogP contribution in [0.15, 0.2) is 0 Å². The summed E-state index contributed by atoms with van der Waals surface area (Å²) in [6.07, 6.45) is 2.47. The molecule has 0 aromatic carbocycles. The second-order valence-corrected chi connectivity index (χ2v) is 2.32. The molecule has 3 nitrogen and oxygen atoms in total. The van der Waals surface area contributed by atoms with Gasteiger partial charge >= 0.3 is 0 Å². The average molecular weight is 152 g/mol. The summed E-state index contributed by atoms with van der Waals surface area (Å²) in [6.45, 7) is 3.57. The van der Waals surface area contributed by atoms with Crippen molar-refractivity contribution < 1.29 is 9.84 Å². The van der Waals surface area contributed by atoms with Gasteiger partial charge in [-0.2, -0.15) is 0 Å². The fourth-order valence-corrected chi connectivity index (χ4v) is 0.951. The molecule has 1 aromatic heterocycles. The van der Waals surface area contributed by atoms with E-state index in [2.05, 4.69) is 11.2 Å². The van der Waals surface area contributed by atoms with Gasteiger partial charge in [-0.1, -0.05) is 0 Å². The molecule has 0 amide bonds. The van der Waals surface area contributed by atoms with E-state index >= 15 is 0 Å². The number of methoxy groups -OCH3 is 1. The molecule has 11 heavy (non-hydrogen) atoms. The maximum absolute atomic E-state index is 9.16. The highest BCUT2D eigenvalue weighted by atomic mass is 16.5. The maximum Gasteiger partial charge on any atom is 0.150 e. The van der Waals surface area contributed by atoms with Gasteiger partial charge < -0.3 is 9.84 Å². The van der Waals surface area contributed by atoms with E-state index < -0.39 is 0 Å². The Bertz CT molecular complexity index is 271. The van der Waals surface area contributed by atoms with E-state index in [0.717, 1.165) is 5.69 Å². The molecule has 0 aliphatic carbocycles. The van der Waals surface area contributed by atoms with E-state index in [4.69, 9.17) is 9.84 Å². The normalized spacial score (nSPS) is 9.73. The number of pyridine rings is 1. The zero-order valence-electron chi connectivity index (χ0n) is 6.80. The highest BCUT2D eigenvalue weighted by Crippen LogP contribution is 2.26. The second-order valence-electron chi connectivity index (χ2n) is 2.32. The first kappa shape index (κ1) is 7.85. The number of rotatable bonds is 1. The summed E-state index contributed by atoms with van der Waals surface area (Å²) in [4.78, 5) is 3.81. The summed E-state index contributed by atoms with van der Waals surface area (Å²) in [5, 5.41) is 9.16. The lowest BCUT2D eigenvalue weighted by molar-refractivity contribution is 0.395. The molecule has 3 heteroatoms. The third-order valence-electron chi connectivity index (χ3n) is 1.56. The summed E-state index contributed by atoms with van der Waals surface area (Å²) in [5.74, 6) is 0.675. The summed E-state index contributed by atoms with van der Waals surface area (Å²) < 4.78 is 5.01. The van der Waals surface area contributed by atoms with Crippen LogP contribution in [0.25, 0.3) is 0 Å². The molecule has 1 radical (unpaired) electrons. The predicted octanol–water partition coefficient (Wildman–Crippen LogP) is 1.21. The van der Waals surface area contributed by atoms with Crippen molar-refractivity contribution in [3.05, 3.63) is 17.5 Å². The second kappa shape index (κ2) is 2.78. The molecule has 0 saturated carbocycles. The molecule has 1 rings (SSSR count). The van der Waals surface area contributed by atoms with Crippen molar-refractivity contribution in [2.24, 2.45) is 0 Å². The van der Waals surface area contributed by atoms with Crippen molar-refractivity contribution in [2.45, 2.75) is 13.8 Å². The molecule has 0 atom stereocenters. The minimum Gasteiger partial charge on any atom is -0.505 e. The lowest BCUT2D eigenvalue weighted by Gasteiger charge is -2.07. The Morgan fingerprint density at radius 3 is 2.55 bits per heavy atom. The molecular formula is C8H10NO2. The number of aromatic hydroxyl groups is 1. The molecule has 0 spiro atoms. The average Bonchev–Trinajstić information content (AvgIpc) is 1.99. The Kier molecular flexibility index (Phi) is 1.98. The summed E-state index contributed by atoms with van der Waals surface area (Å²) in [5.41, 5.74) is 1.42. The van der Waals surface area contributed by atoms with Crippen LogP contribution in [0, 0.1) is 20.0 Å². The Morgan fingerprint density at radius 2 is 2.09 bits per heavy atom. The van der Waals surface area contributed by atoms with Crippen LogP contribution in [0.5, 0.6) is 11.5 Å². The lowest BCUT2D eigenvalue weighted by Crippen LogP contribution is -1.93. The molecule has 0 aliphatic rings. The highest BCUT2D eigenvalue weighted by molar-refractivity contribution is 5.42. The zero-order valence-corrected chi connectivity index (χ0v) is 6.80. The van der Waals surface area contributed by atoms with Crippen LogP contribution in [-0.2, 0) is 0 Å². The van der Waals surface area contributed by atoms with Crippen molar-refractivity contribution in [1.29, 1.82) is 0 Å². The third kappa shape index (κ3) is 1.27. The topological polar surface area (TPSA) is 42.4 Å². The van der Waals surface area contributed by atoms with Crippen LogP contribution >= 0.6 is 0 Å². The SMILES string of the molecule is COc1c(C)n[c]c(O)c1C. The summed E-state index contributed by atoms with van der Waals surface area (Å²) >= 11 is 0. The minimum atomic E-state index is 0.0486. The quantitative estimate of drug-likeness (QED) is 0.657. The van der Waals surface area contributed by atoms with Crippen molar-refractivity contribution in [2.75, 3.05) is 7.11 Å². The number of ether oxygens (including phenoxy) is 1. The van der Waals surface area contributed by atoms with Gasteiger partial charge in [0.15, 0.2) is 0 Å². The van der Waals surface area contributed by atoms with Crippen LogP contribution in [-0.4, -0.2) is 17.2 Å². The Balaban J connectivity index is 3.29. The van der Waals surface area contributed by atoms with Gasteiger partial charge in [0.25, 0.3) is 0 Å². The smallest absolute Gasteiger partial charge is 0.150 e. The van der Waals surface area contributed by atoms with Gasteiger partial charge in [-0.25, -0.2) is 4.98 Å². The largest absolute Gasteiger partial charge is 0.505 e. The van der Waals surface area contributed by atoms with Crippen molar-refractivity contribution in [3.63, 3.8) is 0 Å². The number of nitrogens with zero attached hydrogens (tertiary/aromatic N) is 1. The molecule has 0 fully saturated rings. The van der Waals surface area contributed by atoms with E-state index in [9.17, 15) is 0 Å². The maximum atomic E-state index is 9.16. The van der Waals surface area contributed by atoms with Crippen LogP contribution in [0.2, 0.25) is 0 Å². The summed E-state index contributed by atoms with van der Waals surface area (Å²) in [6, 6.07) is 0. The Morgan fingerprint density at radius 1 is 1.45 bits per heavy atom. The van der Waals surface area contributed by atoms with E-state index in [1.165, 1.54) is 0 Å². The van der Waals surface area contributed by atoms with Gasteiger partial charge in [0.05, 0.1) is 12.8 Å². The molecule has 1 N–H and O–H groups in total. The highest BCUT2D eigenvalue weighted by Gasteiger charge is 2.07. The minimum absolute atomic E-state index is 0.0486. The summed E-state index contributed by atoms with van der Waals surface area (Å²) in [7, 11) is 1.55. The van der Waals surface area contributed by atoms with E-state index in [-0.39, 0.29) is 5.75 Å². The molecule has 0 unspecified atom stereocenters. The first-order chi connectivity index (χ1) is 5.16. The molecule has 1 heterocycles. The molecule has 1 aromatic rings. The van der Waals surface area contributed by atoms with Crippen LogP contribution < -0.4 is 4.74 Å². The lowest BCUT2D eigenvalue weighted by atomic mass is 10.2. The Hall–Kier alpha value is -1.25. The monoisotopic (exact) mass is 152 g/mol. The standard InChI is InChI=1S/C8H10NO2/c1-5-7(10)4-9-6(2)8(5)11-3/h10H,1-3H3. The first-order valence-corrected chi connectivity index (χ1v) is 3.28. The number of aromatic nitrogens is 1. The van der Waals surface area contributed by atoms with Crippen molar-refractivity contribution in [1.82, 2.24) is 4.98 Å². The van der Waals surface area contributed by atoms with Gasteiger partial charge in [0.2, 0.25) is 0 Å². The number of aryl methyl sites for hydroxylation is 1. The van der Waals surface area contributed by atoms with E-state index in [1.807, 2.05) is 6.92 Å². The molecule has 59 valence electrons. The molecule has 0 aliphatic heterocycles. The number of hydrogen-bond acceptors (Lipinski definition) is 3. The van der Waals surface area contributed by atoms with Crippen LogP contribution in [0.4, 0.5) is 0 Å². The molecule has 0 saturated heterocycles. The van der Waals surface area contributed by atoms with Crippen LogP contribution in [0.1, 0.15) is 11.3 Å².